The van der Waals surface area contributed by atoms with Crippen LogP contribution in [0.5, 0.6) is 0 Å². The van der Waals surface area contributed by atoms with E-state index < -0.39 is 5.54 Å². The predicted octanol–water partition coefficient (Wildman–Crippen LogP) is 4.20. The molecule has 3 nitrogen and oxygen atoms in total. The van der Waals surface area contributed by atoms with Gasteiger partial charge in [0.05, 0.1) is 11.1 Å². The molecule has 0 N–H and O–H groups in total. The molecule has 0 amide bonds. The van der Waals surface area contributed by atoms with E-state index in [4.69, 9.17) is 11.6 Å². The van der Waals surface area contributed by atoms with Gasteiger partial charge in [0.1, 0.15) is 16.3 Å². The molecular weight excluding hydrogens is 309 g/mol. The van der Waals surface area contributed by atoms with Crippen LogP contribution in [-0.2, 0) is 12.0 Å². The zero-order chi connectivity index (χ0) is 15.0. The number of alkyl halides is 1. The van der Waals surface area contributed by atoms with Gasteiger partial charge in [-0.2, -0.15) is 0 Å². The van der Waals surface area contributed by atoms with Crippen molar-refractivity contribution in [2.75, 3.05) is 5.88 Å². The minimum Gasteiger partial charge on any atom is -0.316 e. The summed E-state index contributed by atoms with van der Waals surface area (Å²) in [5.41, 5.74) is 0.760. The van der Waals surface area contributed by atoms with Crippen molar-refractivity contribution >= 4 is 34.0 Å². The van der Waals surface area contributed by atoms with Gasteiger partial charge < -0.3 is 4.57 Å². The Balaban J connectivity index is 2.29. The van der Waals surface area contributed by atoms with Crippen LogP contribution in [0.2, 0.25) is 0 Å². The lowest BCUT2D eigenvalue weighted by Gasteiger charge is -2.27. The third kappa shape index (κ3) is 2.34. The maximum absolute atomic E-state index is 14.0. The largest absolute Gasteiger partial charge is 0.316 e. The number of fused-ring (bicyclic) bond motifs is 1. The van der Waals surface area contributed by atoms with Gasteiger partial charge in [-0.15, -0.1) is 22.9 Å². The summed E-state index contributed by atoms with van der Waals surface area (Å²) in [5.74, 6) is 0.918. The number of benzene rings is 1. The summed E-state index contributed by atoms with van der Waals surface area (Å²) < 4.78 is 16.1. The molecular formula is C15H15ClFN3S. The first-order chi connectivity index (χ1) is 10.1. The summed E-state index contributed by atoms with van der Waals surface area (Å²) in [6, 6.07) is 5.03. The van der Waals surface area contributed by atoms with Crippen LogP contribution in [0.1, 0.15) is 24.7 Å². The fourth-order valence-corrected chi connectivity index (χ4v) is 3.53. The Morgan fingerprint density at radius 1 is 1.38 bits per heavy atom. The fraction of sp³-hybridized carbons (Fsp3) is 0.333. The van der Waals surface area contributed by atoms with Crippen molar-refractivity contribution in [1.82, 2.24) is 14.5 Å². The summed E-state index contributed by atoms with van der Waals surface area (Å²) in [7, 11) is 0. The number of rotatable bonds is 4. The number of halogens is 2. The Morgan fingerprint density at radius 2 is 2.19 bits per heavy atom. The molecule has 110 valence electrons. The second kappa shape index (κ2) is 5.39. The number of aromatic nitrogens is 3. The Morgan fingerprint density at radius 3 is 2.86 bits per heavy atom. The highest BCUT2D eigenvalue weighted by Gasteiger charge is 2.30. The molecule has 2 heterocycles. The topological polar surface area (TPSA) is 30.7 Å². The van der Waals surface area contributed by atoms with Crippen molar-refractivity contribution in [3.05, 3.63) is 46.4 Å². The Kier molecular flexibility index (Phi) is 3.71. The highest BCUT2D eigenvalue weighted by Crippen LogP contribution is 2.33. The number of nitrogens with zero attached hydrogens (tertiary/aromatic N) is 3. The van der Waals surface area contributed by atoms with E-state index in [0.717, 1.165) is 16.3 Å². The van der Waals surface area contributed by atoms with Gasteiger partial charge in [0.25, 0.3) is 0 Å². The van der Waals surface area contributed by atoms with Crippen LogP contribution in [-0.4, -0.2) is 20.4 Å². The second-order valence-corrected chi connectivity index (χ2v) is 6.58. The van der Waals surface area contributed by atoms with Gasteiger partial charge in [-0.05, 0) is 26.0 Å². The molecule has 0 aliphatic carbocycles. The minimum atomic E-state index is -0.405. The minimum absolute atomic E-state index is 0.308. The van der Waals surface area contributed by atoms with E-state index in [1.165, 1.54) is 6.07 Å². The highest BCUT2D eigenvalue weighted by atomic mass is 35.5. The number of thiazole rings is 1. The van der Waals surface area contributed by atoms with E-state index in [1.807, 2.05) is 16.0 Å². The van der Waals surface area contributed by atoms with Crippen LogP contribution in [0.15, 0.2) is 29.8 Å². The van der Waals surface area contributed by atoms with Gasteiger partial charge in [-0.25, -0.2) is 14.4 Å². The lowest BCUT2D eigenvalue weighted by Crippen LogP contribution is -2.29. The first kappa shape index (κ1) is 14.5. The number of para-hydroxylation sites is 1. The molecule has 6 heteroatoms. The van der Waals surface area contributed by atoms with E-state index in [2.05, 4.69) is 23.8 Å². The smallest absolute Gasteiger partial charge is 0.151 e. The molecule has 2 aromatic heterocycles. The maximum Gasteiger partial charge on any atom is 0.151 e. The lowest BCUT2D eigenvalue weighted by atomic mass is 10.1. The second-order valence-electron chi connectivity index (χ2n) is 5.31. The van der Waals surface area contributed by atoms with Gasteiger partial charge in [0.2, 0.25) is 0 Å². The Labute approximate surface area is 131 Å². The molecule has 0 unspecified atom stereocenters. The lowest BCUT2D eigenvalue weighted by molar-refractivity contribution is 0.431. The number of imidazole rings is 1. The van der Waals surface area contributed by atoms with E-state index in [-0.39, 0.29) is 5.82 Å². The Hall–Kier alpha value is -1.46. The van der Waals surface area contributed by atoms with Crippen LogP contribution in [0.3, 0.4) is 0 Å². The number of hydrogen-bond acceptors (Lipinski definition) is 3. The summed E-state index contributed by atoms with van der Waals surface area (Å²) >= 11 is 7.47. The van der Waals surface area contributed by atoms with Crippen LogP contribution in [0.25, 0.3) is 11.0 Å². The monoisotopic (exact) mass is 323 g/mol. The van der Waals surface area contributed by atoms with Crippen LogP contribution in [0, 0.1) is 5.82 Å². The highest BCUT2D eigenvalue weighted by molar-refractivity contribution is 7.09. The van der Waals surface area contributed by atoms with E-state index >= 15 is 0 Å². The molecule has 0 fully saturated rings. The van der Waals surface area contributed by atoms with Crippen molar-refractivity contribution in [3.63, 3.8) is 0 Å². The predicted molar refractivity (Wildman–Crippen MR) is 84.7 cm³/mol. The van der Waals surface area contributed by atoms with Crippen molar-refractivity contribution < 1.29 is 4.39 Å². The van der Waals surface area contributed by atoms with Gasteiger partial charge in [0.15, 0.2) is 5.82 Å². The quantitative estimate of drug-likeness (QED) is 0.674. The SMILES string of the molecule is CC(C)(c1nccs1)n1c(CCCl)nc2c(F)cccc21. The molecule has 0 saturated carbocycles. The maximum atomic E-state index is 14.0. The average Bonchev–Trinajstić information content (AvgIpc) is 3.06. The zero-order valence-electron chi connectivity index (χ0n) is 11.8. The van der Waals surface area contributed by atoms with Gasteiger partial charge in [-0.1, -0.05) is 6.07 Å². The van der Waals surface area contributed by atoms with Crippen LogP contribution < -0.4 is 0 Å². The van der Waals surface area contributed by atoms with Crippen molar-refractivity contribution in [2.24, 2.45) is 0 Å². The number of aryl methyl sites for hydroxylation is 1. The first-order valence-corrected chi connectivity index (χ1v) is 8.09. The average molecular weight is 324 g/mol. The summed E-state index contributed by atoms with van der Waals surface area (Å²) in [4.78, 5) is 8.88. The fourth-order valence-electron chi connectivity index (χ4n) is 2.61. The summed E-state index contributed by atoms with van der Waals surface area (Å²) in [5, 5.41) is 2.90. The molecule has 0 atom stereocenters. The molecule has 1 aromatic carbocycles. The van der Waals surface area contributed by atoms with Gasteiger partial charge in [-0.3, -0.25) is 0 Å². The molecule has 3 rings (SSSR count). The van der Waals surface area contributed by atoms with E-state index in [9.17, 15) is 4.39 Å². The summed E-state index contributed by atoms with van der Waals surface area (Å²) in [6.45, 7) is 4.13. The van der Waals surface area contributed by atoms with Gasteiger partial charge >= 0.3 is 0 Å². The zero-order valence-corrected chi connectivity index (χ0v) is 13.4. The van der Waals surface area contributed by atoms with Crippen molar-refractivity contribution in [3.8, 4) is 0 Å². The third-order valence-electron chi connectivity index (χ3n) is 3.54. The molecule has 0 saturated heterocycles. The number of hydrogen-bond donors (Lipinski definition) is 0. The van der Waals surface area contributed by atoms with E-state index in [0.29, 0.717) is 17.8 Å². The Bertz CT molecular complexity index is 765. The first-order valence-electron chi connectivity index (χ1n) is 6.68. The van der Waals surface area contributed by atoms with E-state index in [1.54, 1.807) is 23.6 Å². The van der Waals surface area contributed by atoms with Gasteiger partial charge in [0, 0.05) is 23.9 Å². The van der Waals surface area contributed by atoms with Crippen molar-refractivity contribution in [2.45, 2.75) is 25.8 Å². The standard InChI is InChI=1S/C15H15ClFN3S/c1-15(2,14-18-8-9-21-14)20-11-5-3-4-10(17)13(11)19-12(20)6-7-16/h3-5,8-9H,6-7H2,1-2H3. The van der Waals surface area contributed by atoms with Crippen LogP contribution in [0.4, 0.5) is 4.39 Å². The van der Waals surface area contributed by atoms with Crippen molar-refractivity contribution in [1.29, 1.82) is 0 Å². The summed E-state index contributed by atoms with van der Waals surface area (Å²) in [6.07, 6.45) is 2.37. The normalized spacial score (nSPS) is 12.2. The molecule has 0 bridgehead atoms. The third-order valence-corrected chi connectivity index (χ3v) is 4.81. The molecule has 0 radical (unpaired) electrons. The molecule has 0 aliphatic heterocycles. The molecule has 0 aliphatic rings. The molecule has 21 heavy (non-hydrogen) atoms. The molecule has 0 spiro atoms. The molecule has 3 aromatic rings. The van der Waals surface area contributed by atoms with Crippen LogP contribution >= 0.6 is 22.9 Å².